The van der Waals surface area contributed by atoms with Gasteiger partial charge in [0, 0.05) is 12.3 Å². The molecule has 0 saturated heterocycles. The van der Waals surface area contributed by atoms with E-state index in [0.717, 1.165) is 18.4 Å². The SMILES string of the molecule is CCC(C)N1CC(=O)Nc2c1cccc2S(C)(=O)=O. The number of fused-ring (bicyclic) bond motifs is 1. The fourth-order valence-corrected chi connectivity index (χ4v) is 3.08. The van der Waals surface area contributed by atoms with E-state index in [1.165, 1.54) is 6.07 Å². The second-order valence-corrected chi connectivity index (χ2v) is 6.84. The van der Waals surface area contributed by atoms with Gasteiger partial charge in [-0.2, -0.15) is 0 Å². The molecule has 1 amide bonds. The number of benzene rings is 1. The zero-order chi connectivity index (χ0) is 14.2. The maximum atomic E-state index is 11.8. The van der Waals surface area contributed by atoms with Crippen LogP contribution in [0.25, 0.3) is 0 Å². The zero-order valence-electron chi connectivity index (χ0n) is 11.3. The molecule has 0 aliphatic carbocycles. The van der Waals surface area contributed by atoms with E-state index < -0.39 is 9.84 Å². The molecule has 0 radical (unpaired) electrons. The Morgan fingerprint density at radius 1 is 1.42 bits per heavy atom. The van der Waals surface area contributed by atoms with Gasteiger partial charge in [-0.1, -0.05) is 13.0 Å². The Bertz CT molecular complexity index is 610. The third-order valence-electron chi connectivity index (χ3n) is 3.41. The van der Waals surface area contributed by atoms with Gasteiger partial charge in [-0.25, -0.2) is 8.42 Å². The van der Waals surface area contributed by atoms with Gasteiger partial charge in [0.1, 0.15) is 0 Å². The lowest BCUT2D eigenvalue weighted by atomic mass is 10.1. The standard InChI is InChI=1S/C13H18N2O3S/c1-4-9(2)15-8-12(16)14-13-10(15)6-5-7-11(13)19(3,17)18/h5-7,9H,4,8H2,1-3H3,(H,14,16). The van der Waals surface area contributed by atoms with Crippen LogP contribution in [0.1, 0.15) is 20.3 Å². The summed E-state index contributed by atoms with van der Waals surface area (Å²) in [6, 6.07) is 5.26. The highest BCUT2D eigenvalue weighted by atomic mass is 32.2. The highest BCUT2D eigenvalue weighted by molar-refractivity contribution is 7.90. The van der Waals surface area contributed by atoms with E-state index in [4.69, 9.17) is 0 Å². The van der Waals surface area contributed by atoms with Crippen LogP contribution in [0.3, 0.4) is 0 Å². The number of nitrogens with one attached hydrogen (secondary N) is 1. The highest BCUT2D eigenvalue weighted by Gasteiger charge is 2.28. The summed E-state index contributed by atoms with van der Waals surface area (Å²) in [4.78, 5) is 13.9. The van der Waals surface area contributed by atoms with Crippen molar-refractivity contribution in [2.24, 2.45) is 0 Å². The molecule has 1 aromatic rings. The molecule has 0 aromatic heterocycles. The number of anilines is 2. The fraction of sp³-hybridized carbons (Fsp3) is 0.462. The molecule has 0 bridgehead atoms. The van der Waals surface area contributed by atoms with Gasteiger partial charge in [0.25, 0.3) is 0 Å². The second-order valence-electron chi connectivity index (χ2n) is 4.86. The van der Waals surface area contributed by atoms with Crippen molar-refractivity contribution in [1.82, 2.24) is 0 Å². The Hall–Kier alpha value is -1.56. The van der Waals surface area contributed by atoms with E-state index in [1.807, 2.05) is 24.8 Å². The number of nitrogens with zero attached hydrogens (tertiary/aromatic N) is 1. The molecular formula is C13H18N2O3S. The van der Waals surface area contributed by atoms with Gasteiger partial charge in [-0.3, -0.25) is 4.79 Å². The fourth-order valence-electron chi connectivity index (χ4n) is 2.23. The summed E-state index contributed by atoms with van der Waals surface area (Å²) >= 11 is 0. The number of carbonyl (C=O) groups is 1. The molecule has 6 heteroatoms. The largest absolute Gasteiger partial charge is 0.358 e. The Morgan fingerprint density at radius 2 is 2.11 bits per heavy atom. The molecule has 19 heavy (non-hydrogen) atoms. The third-order valence-corrected chi connectivity index (χ3v) is 4.55. The molecule has 1 atom stereocenters. The molecular weight excluding hydrogens is 264 g/mol. The predicted octanol–water partition coefficient (Wildman–Crippen LogP) is 1.65. The average molecular weight is 282 g/mol. The first-order chi connectivity index (χ1) is 8.84. The van der Waals surface area contributed by atoms with Crippen LogP contribution in [0.2, 0.25) is 0 Å². The van der Waals surface area contributed by atoms with Crippen LogP contribution < -0.4 is 10.2 Å². The zero-order valence-corrected chi connectivity index (χ0v) is 12.1. The Morgan fingerprint density at radius 3 is 2.68 bits per heavy atom. The molecule has 0 fully saturated rings. The van der Waals surface area contributed by atoms with Crippen LogP contribution in [0.15, 0.2) is 23.1 Å². The molecule has 1 aliphatic rings. The summed E-state index contributed by atoms with van der Waals surface area (Å²) in [5, 5.41) is 2.68. The van der Waals surface area contributed by atoms with Gasteiger partial charge >= 0.3 is 0 Å². The summed E-state index contributed by atoms with van der Waals surface area (Å²) in [6.07, 6.45) is 2.03. The van der Waals surface area contributed by atoms with Crippen LogP contribution in [0.4, 0.5) is 11.4 Å². The first kappa shape index (κ1) is 13.9. The number of hydrogen-bond donors (Lipinski definition) is 1. The van der Waals surface area contributed by atoms with Crippen LogP contribution in [0.5, 0.6) is 0 Å². The van der Waals surface area contributed by atoms with E-state index in [-0.39, 0.29) is 23.4 Å². The summed E-state index contributed by atoms with van der Waals surface area (Å²) in [5.74, 6) is -0.177. The van der Waals surface area contributed by atoms with Crippen LogP contribution in [-0.2, 0) is 14.6 Å². The maximum absolute atomic E-state index is 11.8. The van der Waals surface area contributed by atoms with Gasteiger partial charge < -0.3 is 10.2 Å². The van der Waals surface area contributed by atoms with Gasteiger partial charge in [0.05, 0.1) is 22.8 Å². The minimum Gasteiger partial charge on any atom is -0.358 e. The average Bonchev–Trinajstić information content (AvgIpc) is 2.34. The maximum Gasteiger partial charge on any atom is 0.243 e. The van der Waals surface area contributed by atoms with E-state index >= 15 is 0 Å². The smallest absolute Gasteiger partial charge is 0.243 e. The molecule has 1 aliphatic heterocycles. The van der Waals surface area contributed by atoms with Gasteiger partial charge in [0.2, 0.25) is 5.91 Å². The number of hydrogen-bond acceptors (Lipinski definition) is 4. The van der Waals surface area contributed by atoms with Crippen molar-refractivity contribution < 1.29 is 13.2 Å². The van der Waals surface area contributed by atoms with Crippen molar-refractivity contribution >= 4 is 27.1 Å². The predicted molar refractivity (Wildman–Crippen MR) is 75.3 cm³/mol. The van der Waals surface area contributed by atoms with E-state index in [0.29, 0.717) is 5.69 Å². The van der Waals surface area contributed by atoms with Crippen molar-refractivity contribution in [3.8, 4) is 0 Å². The van der Waals surface area contributed by atoms with Crippen molar-refractivity contribution in [3.63, 3.8) is 0 Å². The Kier molecular flexibility index (Phi) is 3.54. The molecule has 1 unspecified atom stereocenters. The number of rotatable bonds is 3. The first-order valence-corrected chi connectivity index (χ1v) is 8.13. The minimum atomic E-state index is -3.36. The molecule has 0 spiro atoms. The number of para-hydroxylation sites is 1. The summed E-state index contributed by atoms with van der Waals surface area (Å²) in [7, 11) is -3.36. The molecule has 1 N–H and O–H groups in total. The number of amides is 1. The Labute approximate surface area is 113 Å². The van der Waals surface area contributed by atoms with Crippen LogP contribution >= 0.6 is 0 Å². The van der Waals surface area contributed by atoms with E-state index in [2.05, 4.69) is 5.32 Å². The number of carbonyl (C=O) groups excluding carboxylic acids is 1. The lowest BCUT2D eigenvalue weighted by Crippen LogP contribution is -2.43. The molecule has 0 saturated carbocycles. The third kappa shape index (κ3) is 2.58. The normalized spacial score (nSPS) is 16.8. The van der Waals surface area contributed by atoms with Crippen molar-refractivity contribution in [2.45, 2.75) is 31.2 Å². The van der Waals surface area contributed by atoms with Gasteiger partial charge in [0.15, 0.2) is 9.84 Å². The van der Waals surface area contributed by atoms with Crippen molar-refractivity contribution in [2.75, 3.05) is 23.0 Å². The first-order valence-electron chi connectivity index (χ1n) is 6.24. The molecule has 5 nitrogen and oxygen atoms in total. The number of sulfone groups is 1. The highest BCUT2D eigenvalue weighted by Crippen LogP contribution is 2.36. The van der Waals surface area contributed by atoms with Gasteiger partial charge in [-0.05, 0) is 25.5 Å². The topological polar surface area (TPSA) is 66.5 Å². The van der Waals surface area contributed by atoms with E-state index in [1.54, 1.807) is 6.07 Å². The van der Waals surface area contributed by atoms with Crippen LogP contribution in [0, 0.1) is 0 Å². The van der Waals surface area contributed by atoms with Crippen molar-refractivity contribution in [1.29, 1.82) is 0 Å². The summed E-state index contributed by atoms with van der Waals surface area (Å²) < 4.78 is 23.6. The Balaban J connectivity index is 2.61. The quantitative estimate of drug-likeness (QED) is 0.915. The molecule has 2 rings (SSSR count). The van der Waals surface area contributed by atoms with E-state index in [9.17, 15) is 13.2 Å². The summed E-state index contributed by atoms with van der Waals surface area (Å²) in [6.45, 7) is 4.32. The van der Waals surface area contributed by atoms with Gasteiger partial charge in [-0.15, -0.1) is 0 Å². The molecule has 1 aromatic carbocycles. The summed E-state index contributed by atoms with van der Waals surface area (Å²) in [5.41, 5.74) is 1.18. The monoisotopic (exact) mass is 282 g/mol. The molecule has 1 heterocycles. The second kappa shape index (κ2) is 4.85. The lowest BCUT2D eigenvalue weighted by Gasteiger charge is -2.36. The molecule has 104 valence electrons. The lowest BCUT2D eigenvalue weighted by molar-refractivity contribution is -0.115. The minimum absolute atomic E-state index is 0.173. The van der Waals surface area contributed by atoms with Crippen LogP contribution in [-0.4, -0.2) is 33.2 Å². The van der Waals surface area contributed by atoms with Crippen molar-refractivity contribution in [3.05, 3.63) is 18.2 Å².